The van der Waals surface area contributed by atoms with Crippen LogP contribution >= 0.6 is 23.1 Å². The van der Waals surface area contributed by atoms with Crippen molar-refractivity contribution in [2.24, 2.45) is 5.16 Å². The lowest BCUT2D eigenvalue weighted by molar-refractivity contribution is -0.166. The second-order valence-corrected chi connectivity index (χ2v) is 9.45. The number of esters is 2. The fourth-order valence-electron chi connectivity index (χ4n) is 3.46. The van der Waals surface area contributed by atoms with Gasteiger partial charge in [-0.15, -0.1) is 23.1 Å². The maximum atomic E-state index is 12.9. The largest absolute Gasteiger partial charge is 0.422 e. The molecule has 0 bridgehead atoms. The Balaban J connectivity index is 1.37. The Morgan fingerprint density at radius 1 is 1.22 bits per heavy atom. The number of benzene rings is 1. The van der Waals surface area contributed by atoms with Crippen molar-refractivity contribution in [3.05, 3.63) is 58.7 Å². The Bertz CT molecular complexity index is 1250. The number of carbonyl (C=O) groups is 4. The van der Waals surface area contributed by atoms with Crippen LogP contribution in [0.2, 0.25) is 0 Å². The first-order chi connectivity index (χ1) is 17.3. The molecule has 36 heavy (non-hydrogen) atoms. The van der Waals surface area contributed by atoms with Gasteiger partial charge in [0, 0.05) is 18.1 Å². The van der Waals surface area contributed by atoms with Gasteiger partial charge in [0.25, 0.3) is 11.8 Å². The molecule has 12 nitrogen and oxygen atoms in total. The molecule has 2 amide bonds. The number of nitrogens with zero attached hydrogens (tertiary/aromatic N) is 3. The van der Waals surface area contributed by atoms with Crippen LogP contribution in [0.25, 0.3) is 0 Å². The van der Waals surface area contributed by atoms with Crippen molar-refractivity contribution in [1.82, 2.24) is 15.2 Å². The number of oxime groups is 1. The van der Waals surface area contributed by atoms with E-state index in [1.54, 1.807) is 41.8 Å². The highest BCUT2D eigenvalue weighted by molar-refractivity contribution is 8.00. The van der Waals surface area contributed by atoms with E-state index >= 15 is 0 Å². The Morgan fingerprint density at radius 2 is 1.94 bits per heavy atom. The molecule has 0 spiro atoms. The highest BCUT2D eigenvalue weighted by Gasteiger charge is 2.53. The number of ether oxygens (including phenoxy) is 2. The minimum atomic E-state index is -1.19. The van der Waals surface area contributed by atoms with E-state index in [9.17, 15) is 19.2 Å². The fourth-order valence-corrected chi connectivity index (χ4v) is 5.20. The van der Waals surface area contributed by atoms with E-state index in [0.717, 1.165) is 11.3 Å². The number of nitrogen functional groups attached to an aromatic ring is 1. The first-order valence-corrected chi connectivity index (χ1v) is 12.5. The quantitative estimate of drug-likeness (QED) is 0.166. The lowest BCUT2D eigenvalue weighted by atomic mass is 10.0. The van der Waals surface area contributed by atoms with Crippen LogP contribution in [0, 0.1) is 0 Å². The van der Waals surface area contributed by atoms with Crippen molar-refractivity contribution in [2.45, 2.75) is 24.6 Å². The Labute approximate surface area is 213 Å². The van der Waals surface area contributed by atoms with Crippen molar-refractivity contribution in [1.29, 1.82) is 0 Å². The molecule has 3 N–H and O–H groups in total. The summed E-state index contributed by atoms with van der Waals surface area (Å²) in [6.07, 6.45) is 0.352. The molecule has 0 aliphatic carbocycles. The number of fused-ring (bicyclic) bond motifs is 1. The van der Waals surface area contributed by atoms with E-state index in [1.165, 1.54) is 30.7 Å². The summed E-state index contributed by atoms with van der Waals surface area (Å²) in [5.41, 5.74) is 6.02. The van der Waals surface area contributed by atoms with Gasteiger partial charge in [0.05, 0.1) is 5.56 Å². The summed E-state index contributed by atoms with van der Waals surface area (Å²) >= 11 is 2.48. The summed E-state index contributed by atoms with van der Waals surface area (Å²) in [6.45, 7) is 1.40. The number of amides is 2. The fraction of sp³-hybridized carbons (Fsp3) is 0.273. The van der Waals surface area contributed by atoms with Gasteiger partial charge in [-0.25, -0.2) is 14.6 Å². The second kappa shape index (κ2) is 10.8. The number of thiazole rings is 1. The maximum absolute atomic E-state index is 12.9. The van der Waals surface area contributed by atoms with E-state index in [4.69, 9.17) is 20.0 Å². The molecule has 3 atom stereocenters. The van der Waals surface area contributed by atoms with E-state index in [0.29, 0.717) is 11.3 Å². The van der Waals surface area contributed by atoms with Crippen LogP contribution in [-0.4, -0.2) is 69.9 Å². The monoisotopic (exact) mass is 531 g/mol. The summed E-state index contributed by atoms with van der Waals surface area (Å²) in [7, 11) is 1.27. The van der Waals surface area contributed by atoms with Gasteiger partial charge in [-0.1, -0.05) is 23.4 Å². The Kier molecular flexibility index (Phi) is 7.55. The molecule has 1 saturated heterocycles. The van der Waals surface area contributed by atoms with Gasteiger partial charge < -0.3 is 25.4 Å². The van der Waals surface area contributed by atoms with Crippen molar-refractivity contribution >= 4 is 57.7 Å². The van der Waals surface area contributed by atoms with E-state index in [-0.39, 0.29) is 22.2 Å². The molecule has 3 heterocycles. The number of carbonyl (C=O) groups excluding carboxylic acids is 4. The van der Waals surface area contributed by atoms with E-state index in [2.05, 4.69) is 15.5 Å². The molecule has 2 aliphatic heterocycles. The van der Waals surface area contributed by atoms with Gasteiger partial charge in [-0.3, -0.25) is 14.5 Å². The maximum Gasteiger partial charge on any atom is 0.357 e. The van der Waals surface area contributed by atoms with Crippen molar-refractivity contribution in [2.75, 3.05) is 18.6 Å². The molecular weight excluding hydrogens is 510 g/mol. The molecule has 1 aromatic carbocycles. The van der Waals surface area contributed by atoms with Crippen molar-refractivity contribution in [3.8, 4) is 0 Å². The minimum absolute atomic E-state index is 0.00918. The van der Waals surface area contributed by atoms with E-state index < -0.39 is 41.5 Å². The number of nitrogens with two attached hydrogens (primary N) is 1. The average Bonchev–Trinajstić information content (AvgIpc) is 3.31. The zero-order valence-electron chi connectivity index (χ0n) is 19.1. The third-order valence-corrected chi connectivity index (χ3v) is 6.92. The lowest BCUT2D eigenvalue weighted by Crippen LogP contribution is -2.70. The SMILES string of the molecule is CON=C(C(=O)NC1C(=O)N2C(C(=O)OC(C)OC(=O)c3ccccc3)=CCS[C@@H]12)c1csc(N)n1. The number of thioether (sulfide) groups is 1. The van der Waals surface area contributed by atoms with Crippen LogP contribution in [-0.2, 0) is 28.7 Å². The number of hydrogen-bond donors (Lipinski definition) is 2. The molecule has 0 saturated carbocycles. The van der Waals surface area contributed by atoms with Gasteiger partial charge in [0.1, 0.15) is 29.9 Å². The predicted molar refractivity (Wildman–Crippen MR) is 131 cm³/mol. The van der Waals surface area contributed by atoms with Gasteiger partial charge in [0.15, 0.2) is 10.8 Å². The van der Waals surface area contributed by atoms with Gasteiger partial charge in [-0.05, 0) is 18.2 Å². The topological polar surface area (TPSA) is 163 Å². The van der Waals surface area contributed by atoms with Gasteiger partial charge >= 0.3 is 11.9 Å². The van der Waals surface area contributed by atoms with Gasteiger partial charge in [0.2, 0.25) is 6.29 Å². The molecule has 2 unspecified atom stereocenters. The number of rotatable bonds is 8. The first kappa shape index (κ1) is 25.2. The molecule has 2 aliphatic rings. The van der Waals surface area contributed by atoms with Crippen molar-refractivity contribution < 1.29 is 33.5 Å². The average molecular weight is 532 g/mol. The van der Waals surface area contributed by atoms with Crippen molar-refractivity contribution in [3.63, 3.8) is 0 Å². The summed E-state index contributed by atoms with van der Waals surface area (Å²) in [5.74, 6) is -2.27. The number of aromatic nitrogens is 1. The Morgan fingerprint density at radius 3 is 2.61 bits per heavy atom. The standard InChI is InChI=1S/C22H21N5O7S2/c1-11(33-20(30)12-6-4-3-5-7-12)34-21(31)14-8-9-35-19-16(18(29)27(14)19)25-17(28)15(26-32-2)13-10-36-22(23)24-13/h3-8,10-11,16,19H,9H2,1-2H3,(H2,23,24)(H,25,28)/t11?,16?,19-/m0/s1. The Hall–Kier alpha value is -3.91. The normalized spacial score (nSPS) is 19.8. The zero-order chi connectivity index (χ0) is 25.8. The highest BCUT2D eigenvalue weighted by Crippen LogP contribution is 2.38. The molecule has 14 heteroatoms. The van der Waals surface area contributed by atoms with Crippen LogP contribution < -0.4 is 11.1 Å². The first-order valence-electron chi connectivity index (χ1n) is 10.6. The van der Waals surface area contributed by atoms with Gasteiger partial charge in [-0.2, -0.15) is 0 Å². The van der Waals surface area contributed by atoms with Crippen LogP contribution in [0.4, 0.5) is 5.13 Å². The smallest absolute Gasteiger partial charge is 0.357 e. The third kappa shape index (κ3) is 5.18. The molecule has 1 aromatic heterocycles. The number of anilines is 1. The lowest BCUT2D eigenvalue weighted by Gasteiger charge is -2.48. The number of β-lactam (4-membered cyclic amide) rings is 1. The second-order valence-electron chi connectivity index (χ2n) is 7.41. The molecular formula is C22H21N5O7S2. The zero-order valence-corrected chi connectivity index (χ0v) is 20.7. The number of hydrogen-bond acceptors (Lipinski definition) is 12. The summed E-state index contributed by atoms with van der Waals surface area (Å²) in [5, 5.41) is 7.56. The number of nitrogens with one attached hydrogen (secondary N) is 1. The summed E-state index contributed by atoms with van der Waals surface area (Å²) in [6, 6.07) is 7.34. The molecule has 4 rings (SSSR count). The van der Waals surface area contributed by atoms with Crippen LogP contribution in [0.15, 0.2) is 52.6 Å². The van der Waals surface area contributed by atoms with E-state index in [1.807, 2.05) is 0 Å². The summed E-state index contributed by atoms with van der Waals surface area (Å²) in [4.78, 5) is 60.6. The molecule has 2 aromatic rings. The van der Waals surface area contributed by atoms with Crippen LogP contribution in [0.1, 0.15) is 23.0 Å². The highest BCUT2D eigenvalue weighted by atomic mass is 32.2. The van der Waals surface area contributed by atoms with Crippen LogP contribution in [0.5, 0.6) is 0 Å². The molecule has 188 valence electrons. The molecule has 1 fully saturated rings. The summed E-state index contributed by atoms with van der Waals surface area (Å²) < 4.78 is 10.4. The minimum Gasteiger partial charge on any atom is -0.422 e. The van der Waals surface area contributed by atoms with Crippen LogP contribution in [0.3, 0.4) is 0 Å². The molecule has 0 radical (unpaired) electrons. The third-order valence-electron chi connectivity index (χ3n) is 5.06. The predicted octanol–water partition coefficient (Wildman–Crippen LogP) is 1.11.